The third-order valence-corrected chi connectivity index (χ3v) is 2.95. The number of hydrogen-bond acceptors (Lipinski definition) is 2. The summed E-state index contributed by atoms with van der Waals surface area (Å²) in [4.78, 5) is 14.0. The van der Waals surface area contributed by atoms with Gasteiger partial charge in [0, 0.05) is 31.1 Å². The Morgan fingerprint density at radius 3 is 2.47 bits per heavy atom. The number of aryl methyl sites for hydroxylation is 1. The molecule has 0 amide bonds. The third kappa shape index (κ3) is 4.22. The SMILES string of the molecule is Cc1cccc(N(C)CCC(=O)C(C)(C)C)c1. The Morgan fingerprint density at radius 2 is 1.94 bits per heavy atom. The van der Waals surface area contributed by atoms with E-state index in [0.29, 0.717) is 12.2 Å². The Bertz CT molecular complexity index is 390. The van der Waals surface area contributed by atoms with Crippen molar-refractivity contribution in [2.45, 2.75) is 34.1 Å². The largest absolute Gasteiger partial charge is 0.374 e. The average Bonchev–Trinajstić information content (AvgIpc) is 2.24. The molecule has 0 radical (unpaired) electrons. The smallest absolute Gasteiger partial charge is 0.139 e. The molecule has 2 nitrogen and oxygen atoms in total. The summed E-state index contributed by atoms with van der Waals surface area (Å²) in [5.74, 6) is 0.317. The summed E-state index contributed by atoms with van der Waals surface area (Å²) in [5, 5.41) is 0. The lowest BCUT2D eigenvalue weighted by Gasteiger charge is -2.22. The van der Waals surface area contributed by atoms with Crippen LogP contribution in [0.3, 0.4) is 0 Å². The van der Waals surface area contributed by atoms with Crippen molar-refractivity contribution in [3.8, 4) is 0 Å². The van der Waals surface area contributed by atoms with Gasteiger partial charge in [-0.3, -0.25) is 4.79 Å². The Balaban J connectivity index is 2.56. The first-order valence-electron chi connectivity index (χ1n) is 6.12. The number of ketones is 1. The Kier molecular flexibility index (Phi) is 4.33. The average molecular weight is 233 g/mol. The van der Waals surface area contributed by atoms with E-state index < -0.39 is 0 Å². The minimum absolute atomic E-state index is 0.229. The van der Waals surface area contributed by atoms with E-state index >= 15 is 0 Å². The summed E-state index contributed by atoms with van der Waals surface area (Å²) in [7, 11) is 2.03. The lowest BCUT2D eigenvalue weighted by Crippen LogP contribution is -2.27. The predicted octanol–water partition coefficient (Wildman–Crippen LogP) is 3.44. The van der Waals surface area contributed by atoms with Gasteiger partial charge in [0.25, 0.3) is 0 Å². The molecule has 2 heteroatoms. The van der Waals surface area contributed by atoms with Crippen LogP contribution in [0.15, 0.2) is 24.3 Å². The first kappa shape index (κ1) is 13.8. The van der Waals surface area contributed by atoms with Gasteiger partial charge >= 0.3 is 0 Å². The number of Topliss-reactive ketones (excluding diaryl/α,β-unsaturated/α-hetero) is 1. The number of nitrogens with zero attached hydrogens (tertiary/aromatic N) is 1. The second-order valence-corrected chi connectivity index (χ2v) is 5.68. The van der Waals surface area contributed by atoms with Gasteiger partial charge in [-0.25, -0.2) is 0 Å². The maximum atomic E-state index is 11.8. The Labute approximate surface area is 105 Å². The first-order chi connectivity index (χ1) is 7.80. The standard InChI is InChI=1S/C15H23NO/c1-12-7-6-8-13(11-12)16(5)10-9-14(17)15(2,3)4/h6-8,11H,9-10H2,1-5H3. The van der Waals surface area contributed by atoms with E-state index in [-0.39, 0.29) is 5.41 Å². The van der Waals surface area contributed by atoms with E-state index in [1.54, 1.807) is 0 Å². The van der Waals surface area contributed by atoms with Crippen LogP contribution in [0.25, 0.3) is 0 Å². The highest BCUT2D eigenvalue weighted by atomic mass is 16.1. The minimum atomic E-state index is -0.229. The molecule has 0 aromatic heterocycles. The summed E-state index contributed by atoms with van der Waals surface area (Å²) < 4.78 is 0. The van der Waals surface area contributed by atoms with Crippen LogP contribution >= 0.6 is 0 Å². The van der Waals surface area contributed by atoms with E-state index in [0.717, 1.165) is 6.54 Å². The molecule has 0 heterocycles. The van der Waals surface area contributed by atoms with Crippen molar-refractivity contribution < 1.29 is 4.79 Å². The zero-order chi connectivity index (χ0) is 13.1. The van der Waals surface area contributed by atoms with Crippen LogP contribution in [-0.2, 0) is 4.79 Å². The molecule has 1 rings (SSSR count). The number of benzene rings is 1. The van der Waals surface area contributed by atoms with E-state index in [2.05, 4.69) is 30.0 Å². The van der Waals surface area contributed by atoms with Crippen molar-refractivity contribution in [2.75, 3.05) is 18.5 Å². The second kappa shape index (κ2) is 5.35. The van der Waals surface area contributed by atoms with Gasteiger partial charge in [-0.15, -0.1) is 0 Å². The maximum absolute atomic E-state index is 11.8. The van der Waals surface area contributed by atoms with Crippen LogP contribution in [0.2, 0.25) is 0 Å². The molecular formula is C15H23NO. The number of carbonyl (C=O) groups excluding carboxylic acids is 1. The van der Waals surface area contributed by atoms with Crippen LogP contribution in [0.4, 0.5) is 5.69 Å². The summed E-state index contributed by atoms with van der Waals surface area (Å²) >= 11 is 0. The first-order valence-corrected chi connectivity index (χ1v) is 6.12. The van der Waals surface area contributed by atoms with E-state index in [1.807, 2.05) is 33.9 Å². The molecule has 0 atom stereocenters. The molecule has 0 unspecified atom stereocenters. The van der Waals surface area contributed by atoms with Gasteiger partial charge in [-0.1, -0.05) is 32.9 Å². The molecule has 1 aromatic carbocycles. The van der Waals surface area contributed by atoms with Gasteiger partial charge in [-0.05, 0) is 24.6 Å². The van der Waals surface area contributed by atoms with Gasteiger partial charge in [0.2, 0.25) is 0 Å². The van der Waals surface area contributed by atoms with Crippen molar-refractivity contribution in [3.05, 3.63) is 29.8 Å². The normalized spacial score (nSPS) is 11.4. The van der Waals surface area contributed by atoms with Crippen LogP contribution in [0.5, 0.6) is 0 Å². The molecule has 0 saturated carbocycles. The van der Waals surface area contributed by atoms with Crippen molar-refractivity contribution in [1.82, 2.24) is 0 Å². The molecule has 0 aliphatic carbocycles. The van der Waals surface area contributed by atoms with E-state index in [1.165, 1.54) is 11.3 Å². The number of carbonyl (C=O) groups is 1. The van der Waals surface area contributed by atoms with Crippen LogP contribution in [0.1, 0.15) is 32.8 Å². The minimum Gasteiger partial charge on any atom is -0.374 e. The van der Waals surface area contributed by atoms with Gasteiger partial charge < -0.3 is 4.90 Å². The molecule has 0 saturated heterocycles. The third-order valence-electron chi connectivity index (χ3n) is 2.95. The Hall–Kier alpha value is -1.31. The summed E-state index contributed by atoms with van der Waals surface area (Å²) in [6.07, 6.45) is 0.605. The van der Waals surface area contributed by atoms with Gasteiger partial charge in [0.15, 0.2) is 0 Å². The second-order valence-electron chi connectivity index (χ2n) is 5.68. The zero-order valence-corrected chi connectivity index (χ0v) is 11.6. The monoisotopic (exact) mass is 233 g/mol. The fourth-order valence-electron chi connectivity index (χ4n) is 1.64. The topological polar surface area (TPSA) is 20.3 Å². The molecule has 0 bridgehead atoms. The van der Waals surface area contributed by atoms with E-state index in [9.17, 15) is 4.79 Å². The van der Waals surface area contributed by atoms with Crippen LogP contribution in [0, 0.1) is 12.3 Å². The zero-order valence-electron chi connectivity index (χ0n) is 11.6. The highest BCUT2D eigenvalue weighted by Gasteiger charge is 2.20. The fraction of sp³-hybridized carbons (Fsp3) is 0.533. The molecule has 94 valence electrons. The van der Waals surface area contributed by atoms with Gasteiger partial charge in [0.1, 0.15) is 5.78 Å². The van der Waals surface area contributed by atoms with Gasteiger partial charge in [-0.2, -0.15) is 0 Å². The van der Waals surface area contributed by atoms with Gasteiger partial charge in [0.05, 0.1) is 0 Å². The Morgan fingerprint density at radius 1 is 1.29 bits per heavy atom. The highest BCUT2D eigenvalue weighted by Crippen LogP contribution is 2.19. The molecule has 0 fully saturated rings. The molecule has 1 aromatic rings. The van der Waals surface area contributed by atoms with Crippen molar-refractivity contribution in [2.24, 2.45) is 5.41 Å². The number of hydrogen-bond donors (Lipinski definition) is 0. The lowest BCUT2D eigenvalue weighted by molar-refractivity contribution is -0.126. The summed E-state index contributed by atoms with van der Waals surface area (Å²) in [6.45, 7) is 8.78. The summed E-state index contributed by atoms with van der Waals surface area (Å²) in [5.41, 5.74) is 2.19. The van der Waals surface area contributed by atoms with Crippen molar-refractivity contribution in [1.29, 1.82) is 0 Å². The lowest BCUT2D eigenvalue weighted by atomic mass is 9.89. The summed E-state index contributed by atoms with van der Waals surface area (Å²) in [6, 6.07) is 8.35. The quantitative estimate of drug-likeness (QED) is 0.794. The fourth-order valence-corrected chi connectivity index (χ4v) is 1.64. The molecule has 0 spiro atoms. The number of rotatable bonds is 4. The van der Waals surface area contributed by atoms with Crippen molar-refractivity contribution >= 4 is 11.5 Å². The predicted molar refractivity (Wildman–Crippen MR) is 73.5 cm³/mol. The molecule has 17 heavy (non-hydrogen) atoms. The number of anilines is 1. The molecule has 0 aliphatic heterocycles. The molecule has 0 aliphatic rings. The highest BCUT2D eigenvalue weighted by molar-refractivity contribution is 5.84. The van der Waals surface area contributed by atoms with Crippen LogP contribution < -0.4 is 4.90 Å². The molecular weight excluding hydrogens is 210 g/mol. The van der Waals surface area contributed by atoms with Crippen LogP contribution in [-0.4, -0.2) is 19.4 Å². The van der Waals surface area contributed by atoms with Crippen molar-refractivity contribution in [3.63, 3.8) is 0 Å². The maximum Gasteiger partial charge on any atom is 0.139 e. The molecule has 0 N–H and O–H groups in total. The van der Waals surface area contributed by atoms with E-state index in [4.69, 9.17) is 0 Å².